The van der Waals surface area contributed by atoms with Gasteiger partial charge >= 0.3 is 0 Å². The Bertz CT molecular complexity index is 299. The first-order valence-corrected chi connectivity index (χ1v) is 6.81. The molecular formula is C12H21N3S. The van der Waals surface area contributed by atoms with Crippen molar-refractivity contribution < 1.29 is 0 Å². The number of nitrogens with zero attached hydrogens (tertiary/aromatic N) is 2. The molecule has 0 bridgehead atoms. The number of anilines is 1. The molecule has 1 atom stereocenters. The summed E-state index contributed by atoms with van der Waals surface area (Å²) >= 11 is 1.82. The second kappa shape index (κ2) is 5.66. The summed E-state index contributed by atoms with van der Waals surface area (Å²) in [6.07, 6.45) is 1.23. The predicted molar refractivity (Wildman–Crippen MR) is 71.5 cm³/mol. The smallest absolute Gasteiger partial charge is 0.0905 e. The van der Waals surface area contributed by atoms with E-state index in [1.54, 1.807) is 0 Å². The summed E-state index contributed by atoms with van der Waals surface area (Å²) in [4.78, 5) is 4.83. The van der Waals surface area contributed by atoms with E-state index >= 15 is 0 Å². The van der Waals surface area contributed by atoms with Crippen LogP contribution in [-0.4, -0.2) is 51.2 Å². The first kappa shape index (κ1) is 11.9. The molecule has 1 saturated heterocycles. The van der Waals surface area contributed by atoms with E-state index in [9.17, 15) is 0 Å². The van der Waals surface area contributed by atoms with E-state index in [1.165, 1.54) is 18.0 Å². The van der Waals surface area contributed by atoms with Crippen LogP contribution in [0.5, 0.6) is 0 Å². The summed E-state index contributed by atoms with van der Waals surface area (Å²) < 4.78 is 0. The number of thiophene rings is 1. The van der Waals surface area contributed by atoms with Crippen LogP contribution in [-0.2, 0) is 0 Å². The van der Waals surface area contributed by atoms with Crippen LogP contribution in [0.2, 0.25) is 0 Å². The number of hydrogen-bond donors (Lipinski definition) is 1. The van der Waals surface area contributed by atoms with Crippen LogP contribution < -0.4 is 10.2 Å². The molecular weight excluding hydrogens is 218 g/mol. The Morgan fingerprint density at radius 1 is 1.62 bits per heavy atom. The van der Waals surface area contributed by atoms with Gasteiger partial charge < -0.3 is 15.1 Å². The molecule has 1 N–H and O–H groups in total. The third-order valence-corrected chi connectivity index (χ3v) is 4.31. The molecule has 1 fully saturated rings. The van der Waals surface area contributed by atoms with Gasteiger partial charge in [0.1, 0.15) is 0 Å². The van der Waals surface area contributed by atoms with Gasteiger partial charge in [0.15, 0.2) is 0 Å². The van der Waals surface area contributed by atoms with E-state index in [4.69, 9.17) is 0 Å². The summed E-state index contributed by atoms with van der Waals surface area (Å²) in [5, 5.41) is 6.97. The normalized spacial score (nSPS) is 22.2. The van der Waals surface area contributed by atoms with Crippen molar-refractivity contribution in [3.05, 3.63) is 17.5 Å². The van der Waals surface area contributed by atoms with Crippen molar-refractivity contribution in [2.75, 3.05) is 45.2 Å². The average molecular weight is 239 g/mol. The fourth-order valence-electron chi connectivity index (χ4n) is 2.12. The zero-order valence-electron chi connectivity index (χ0n) is 10.1. The van der Waals surface area contributed by atoms with E-state index in [1.807, 2.05) is 11.3 Å². The Morgan fingerprint density at radius 3 is 3.19 bits per heavy atom. The summed E-state index contributed by atoms with van der Waals surface area (Å²) in [7, 11) is 4.42. The van der Waals surface area contributed by atoms with Gasteiger partial charge in [0, 0.05) is 39.3 Å². The van der Waals surface area contributed by atoms with Crippen LogP contribution in [0.1, 0.15) is 6.42 Å². The van der Waals surface area contributed by atoms with Crippen molar-refractivity contribution in [3.8, 4) is 0 Å². The minimum atomic E-state index is 0.691. The van der Waals surface area contributed by atoms with Crippen LogP contribution >= 0.6 is 11.3 Å². The molecule has 0 amide bonds. The predicted octanol–water partition coefficient (Wildman–Crippen LogP) is 1.48. The van der Waals surface area contributed by atoms with Gasteiger partial charge in [-0.3, -0.25) is 0 Å². The van der Waals surface area contributed by atoms with Gasteiger partial charge in [-0.15, -0.1) is 11.3 Å². The number of likely N-dealkylation sites (N-methyl/N-ethyl adjacent to an activating group) is 1. The maximum Gasteiger partial charge on any atom is 0.0905 e. The third kappa shape index (κ3) is 2.97. The molecule has 1 aliphatic heterocycles. The van der Waals surface area contributed by atoms with E-state index < -0.39 is 0 Å². The molecule has 0 aromatic carbocycles. The summed E-state index contributed by atoms with van der Waals surface area (Å²) in [5.74, 6) is 0. The molecule has 90 valence electrons. The lowest BCUT2D eigenvalue weighted by Crippen LogP contribution is -2.50. The molecule has 1 aromatic rings. The lowest BCUT2D eigenvalue weighted by atomic mass is 10.1. The molecule has 1 aromatic heterocycles. The molecule has 16 heavy (non-hydrogen) atoms. The quantitative estimate of drug-likeness (QED) is 0.858. The maximum absolute atomic E-state index is 3.47. The first-order chi connectivity index (χ1) is 7.77. The molecule has 1 aliphatic rings. The van der Waals surface area contributed by atoms with Gasteiger partial charge in [0.25, 0.3) is 0 Å². The second-order valence-corrected chi connectivity index (χ2v) is 5.43. The van der Waals surface area contributed by atoms with Crippen LogP contribution in [0.15, 0.2) is 17.5 Å². The monoisotopic (exact) mass is 239 g/mol. The van der Waals surface area contributed by atoms with Crippen molar-refractivity contribution in [1.29, 1.82) is 0 Å². The molecule has 0 saturated carbocycles. The largest absolute Gasteiger partial charge is 0.366 e. The van der Waals surface area contributed by atoms with E-state index in [2.05, 4.69) is 46.7 Å². The van der Waals surface area contributed by atoms with Crippen molar-refractivity contribution >= 4 is 16.3 Å². The highest BCUT2D eigenvalue weighted by molar-refractivity contribution is 7.14. The third-order valence-electron chi connectivity index (χ3n) is 3.32. The van der Waals surface area contributed by atoms with Crippen molar-refractivity contribution in [1.82, 2.24) is 10.2 Å². The molecule has 2 heterocycles. The SMILES string of the molecule is CN(CCC1CNCCN1C)c1cccs1. The Hall–Kier alpha value is -0.580. The molecule has 0 spiro atoms. The Kier molecular flexibility index (Phi) is 4.21. The zero-order valence-corrected chi connectivity index (χ0v) is 11.0. The highest BCUT2D eigenvalue weighted by Crippen LogP contribution is 2.20. The number of rotatable bonds is 4. The fourth-order valence-corrected chi connectivity index (χ4v) is 2.85. The zero-order chi connectivity index (χ0) is 11.4. The maximum atomic E-state index is 3.47. The number of piperazine rings is 1. The molecule has 1 unspecified atom stereocenters. The van der Waals surface area contributed by atoms with Crippen molar-refractivity contribution in [3.63, 3.8) is 0 Å². The lowest BCUT2D eigenvalue weighted by Gasteiger charge is -2.34. The van der Waals surface area contributed by atoms with Crippen LogP contribution in [0.25, 0.3) is 0 Å². The van der Waals surface area contributed by atoms with Gasteiger partial charge in [0.05, 0.1) is 5.00 Å². The molecule has 3 nitrogen and oxygen atoms in total. The highest BCUT2D eigenvalue weighted by Gasteiger charge is 2.18. The van der Waals surface area contributed by atoms with E-state index in [-0.39, 0.29) is 0 Å². The second-order valence-electron chi connectivity index (χ2n) is 4.50. The minimum Gasteiger partial charge on any atom is -0.366 e. The average Bonchev–Trinajstić information content (AvgIpc) is 2.81. The lowest BCUT2D eigenvalue weighted by molar-refractivity contribution is 0.192. The van der Waals surface area contributed by atoms with Crippen LogP contribution in [0, 0.1) is 0 Å². The highest BCUT2D eigenvalue weighted by atomic mass is 32.1. The van der Waals surface area contributed by atoms with E-state index in [0.717, 1.165) is 19.6 Å². The van der Waals surface area contributed by atoms with Crippen molar-refractivity contribution in [2.24, 2.45) is 0 Å². The number of nitrogens with one attached hydrogen (secondary N) is 1. The Balaban J connectivity index is 1.78. The van der Waals surface area contributed by atoms with Gasteiger partial charge in [-0.05, 0) is 31.0 Å². The Labute approximate surface area is 102 Å². The van der Waals surface area contributed by atoms with Gasteiger partial charge in [-0.1, -0.05) is 0 Å². The summed E-state index contributed by atoms with van der Waals surface area (Å²) in [5.41, 5.74) is 0. The number of hydrogen-bond acceptors (Lipinski definition) is 4. The van der Waals surface area contributed by atoms with Gasteiger partial charge in [-0.2, -0.15) is 0 Å². The molecule has 0 radical (unpaired) electrons. The van der Waals surface area contributed by atoms with Crippen LogP contribution in [0.4, 0.5) is 5.00 Å². The topological polar surface area (TPSA) is 18.5 Å². The molecule has 0 aliphatic carbocycles. The van der Waals surface area contributed by atoms with E-state index in [0.29, 0.717) is 6.04 Å². The van der Waals surface area contributed by atoms with Gasteiger partial charge in [-0.25, -0.2) is 0 Å². The first-order valence-electron chi connectivity index (χ1n) is 5.93. The van der Waals surface area contributed by atoms with Crippen molar-refractivity contribution in [2.45, 2.75) is 12.5 Å². The summed E-state index contributed by atoms with van der Waals surface area (Å²) in [6.45, 7) is 4.58. The van der Waals surface area contributed by atoms with Crippen LogP contribution in [0.3, 0.4) is 0 Å². The fraction of sp³-hybridized carbons (Fsp3) is 0.667. The molecule has 2 rings (SSSR count). The standard InChI is InChI=1S/C12H21N3S/c1-14-8-6-13-10-11(14)5-7-15(2)12-4-3-9-16-12/h3-4,9,11,13H,5-8,10H2,1-2H3. The minimum absolute atomic E-state index is 0.691. The van der Waals surface area contributed by atoms with Gasteiger partial charge in [0.2, 0.25) is 0 Å². The summed E-state index contributed by atoms with van der Waals surface area (Å²) in [6, 6.07) is 4.99. The molecule has 4 heteroatoms. The Morgan fingerprint density at radius 2 is 2.50 bits per heavy atom.